The molecule has 21 heavy (non-hydrogen) atoms. The normalized spacial score (nSPS) is 21.7. The van der Waals surface area contributed by atoms with Gasteiger partial charge >= 0.3 is 0 Å². The fourth-order valence-electron chi connectivity index (χ4n) is 3.49. The Morgan fingerprint density at radius 2 is 1.90 bits per heavy atom. The fraction of sp³-hybridized carbons (Fsp3) is 0.625. The molecular formula is C16H24N4O. The number of primary amides is 1. The third kappa shape index (κ3) is 3.60. The molecule has 0 atom stereocenters. The fourth-order valence-corrected chi connectivity index (χ4v) is 3.49. The first-order valence-corrected chi connectivity index (χ1v) is 7.94. The molecule has 3 rings (SSSR count). The third-order valence-electron chi connectivity index (χ3n) is 4.69. The summed E-state index contributed by atoms with van der Waals surface area (Å²) in [6.45, 7) is 5.28. The van der Waals surface area contributed by atoms with Gasteiger partial charge in [-0.05, 0) is 25.0 Å². The van der Waals surface area contributed by atoms with E-state index in [2.05, 4.69) is 14.8 Å². The summed E-state index contributed by atoms with van der Waals surface area (Å²) < 4.78 is 0. The van der Waals surface area contributed by atoms with Crippen LogP contribution in [-0.4, -0.2) is 52.9 Å². The summed E-state index contributed by atoms with van der Waals surface area (Å²) in [6, 6.07) is 6.32. The van der Waals surface area contributed by atoms with Crippen molar-refractivity contribution in [2.75, 3.05) is 26.2 Å². The lowest BCUT2D eigenvalue weighted by atomic mass is 10.1. The summed E-state index contributed by atoms with van der Waals surface area (Å²) >= 11 is 0. The van der Waals surface area contributed by atoms with Gasteiger partial charge in [0.15, 0.2) is 0 Å². The van der Waals surface area contributed by atoms with Gasteiger partial charge in [0.2, 0.25) is 0 Å². The molecule has 2 fully saturated rings. The zero-order chi connectivity index (χ0) is 14.7. The lowest BCUT2D eigenvalue weighted by Crippen LogP contribution is -2.49. The number of rotatable bonds is 4. The molecule has 0 spiro atoms. The van der Waals surface area contributed by atoms with E-state index >= 15 is 0 Å². The van der Waals surface area contributed by atoms with Crippen LogP contribution in [0.4, 0.5) is 0 Å². The summed E-state index contributed by atoms with van der Waals surface area (Å²) in [7, 11) is 0. The van der Waals surface area contributed by atoms with Gasteiger partial charge < -0.3 is 5.73 Å². The van der Waals surface area contributed by atoms with Gasteiger partial charge in [0.25, 0.3) is 5.91 Å². The van der Waals surface area contributed by atoms with Crippen molar-refractivity contribution >= 4 is 5.91 Å². The smallest absolute Gasteiger partial charge is 0.267 e. The van der Waals surface area contributed by atoms with Crippen LogP contribution in [0.25, 0.3) is 0 Å². The molecule has 0 radical (unpaired) electrons. The topological polar surface area (TPSA) is 62.5 Å². The summed E-state index contributed by atoms with van der Waals surface area (Å²) in [5.41, 5.74) is 6.57. The van der Waals surface area contributed by atoms with Crippen molar-refractivity contribution in [3.8, 4) is 0 Å². The van der Waals surface area contributed by atoms with Crippen molar-refractivity contribution in [1.29, 1.82) is 0 Å². The summed E-state index contributed by atoms with van der Waals surface area (Å²) in [5, 5.41) is 0. The van der Waals surface area contributed by atoms with Crippen LogP contribution >= 0.6 is 0 Å². The van der Waals surface area contributed by atoms with E-state index in [0.717, 1.165) is 44.5 Å². The molecular weight excluding hydrogens is 264 g/mol. The van der Waals surface area contributed by atoms with Crippen LogP contribution in [0.3, 0.4) is 0 Å². The first kappa shape index (κ1) is 14.5. The highest BCUT2D eigenvalue weighted by molar-refractivity contribution is 5.90. The number of pyridine rings is 1. The quantitative estimate of drug-likeness (QED) is 0.905. The number of piperazine rings is 1. The number of hydrogen-bond acceptors (Lipinski definition) is 4. The Hall–Kier alpha value is -1.46. The van der Waals surface area contributed by atoms with Gasteiger partial charge in [-0.25, -0.2) is 4.98 Å². The van der Waals surface area contributed by atoms with Gasteiger partial charge in [0.05, 0.1) is 5.69 Å². The van der Waals surface area contributed by atoms with E-state index in [4.69, 9.17) is 5.73 Å². The van der Waals surface area contributed by atoms with Gasteiger partial charge in [-0.15, -0.1) is 0 Å². The Morgan fingerprint density at radius 3 is 2.57 bits per heavy atom. The zero-order valence-electron chi connectivity index (χ0n) is 12.5. The minimum Gasteiger partial charge on any atom is -0.364 e. The minimum atomic E-state index is -0.456. The molecule has 2 N–H and O–H groups in total. The number of hydrogen-bond donors (Lipinski definition) is 1. The third-order valence-corrected chi connectivity index (χ3v) is 4.69. The summed E-state index contributed by atoms with van der Waals surface area (Å²) in [5.74, 6) is -0.456. The van der Waals surface area contributed by atoms with E-state index in [1.165, 1.54) is 25.7 Å². The first-order chi connectivity index (χ1) is 10.2. The summed E-state index contributed by atoms with van der Waals surface area (Å²) in [4.78, 5) is 20.6. The molecule has 5 nitrogen and oxygen atoms in total. The molecule has 0 aromatic carbocycles. The largest absolute Gasteiger partial charge is 0.364 e. The molecule has 1 aromatic rings. The van der Waals surface area contributed by atoms with E-state index in [9.17, 15) is 4.79 Å². The lowest BCUT2D eigenvalue weighted by Gasteiger charge is -2.37. The number of nitrogens with two attached hydrogens (primary N) is 1. The monoisotopic (exact) mass is 288 g/mol. The maximum Gasteiger partial charge on any atom is 0.267 e. The number of nitrogens with zero attached hydrogens (tertiary/aromatic N) is 3. The minimum absolute atomic E-state index is 0.358. The van der Waals surface area contributed by atoms with Crippen LogP contribution in [0.2, 0.25) is 0 Å². The van der Waals surface area contributed by atoms with Gasteiger partial charge in [-0.2, -0.15) is 0 Å². The van der Waals surface area contributed by atoms with E-state index < -0.39 is 5.91 Å². The van der Waals surface area contributed by atoms with Crippen LogP contribution in [-0.2, 0) is 6.54 Å². The molecule has 114 valence electrons. The Kier molecular flexibility index (Phi) is 4.51. The maximum absolute atomic E-state index is 11.2. The number of carbonyl (C=O) groups is 1. The van der Waals surface area contributed by atoms with Crippen LogP contribution in [0.15, 0.2) is 18.2 Å². The number of carbonyl (C=O) groups excluding carboxylic acids is 1. The Morgan fingerprint density at radius 1 is 1.19 bits per heavy atom. The molecule has 0 unspecified atom stereocenters. The molecule has 1 saturated heterocycles. The molecule has 5 heteroatoms. The molecule has 1 saturated carbocycles. The van der Waals surface area contributed by atoms with Crippen LogP contribution in [0.1, 0.15) is 41.9 Å². The van der Waals surface area contributed by atoms with Crippen molar-refractivity contribution in [3.63, 3.8) is 0 Å². The molecule has 1 aliphatic heterocycles. The zero-order valence-corrected chi connectivity index (χ0v) is 12.5. The highest BCUT2D eigenvalue weighted by Crippen LogP contribution is 2.24. The van der Waals surface area contributed by atoms with E-state index in [0.29, 0.717) is 5.69 Å². The predicted octanol–water partition coefficient (Wildman–Crippen LogP) is 1.24. The second kappa shape index (κ2) is 6.54. The van der Waals surface area contributed by atoms with E-state index in [1.807, 2.05) is 12.1 Å². The highest BCUT2D eigenvalue weighted by atomic mass is 16.1. The maximum atomic E-state index is 11.2. The predicted molar refractivity (Wildman–Crippen MR) is 81.9 cm³/mol. The van der Waals surface area contributed by atoms with Gasteiger partial charge in [-0.3, -0.25) is 14.6 Å². The molecule has 0 bridgehead atoms. The van der Waals surface area contributed by atoms with Crippen molar-refractivity contribution in [1.82, 2.24) is 14.8 Å². The Bertz CT molecular complexity index is 491. The Balaban J connectivity index is 1.53. The van der Waals surface area contributed by atoms with Gasteiger partial charge in [-0.1, -0.05) is 18.9 Å². The highest BCUT2D eigenvalue weighted by Gasteiger charge is 2.26. The van der Waals surface area contributed by atoms with Crippen molar-refractivity contribution in [2.24, 2.45) is 5.73 Å². The number of amides is 1. The van der Waals surface area contributed by atoms with Gasteiger partial charge in [0.1, 0.15) is 5.69 Å². The van der Waals surface area contributed by atoms with Gasteiger partial charge in [0, 0.05) is 38.8 Å². The van der Waals surface area contributed by atoms with E-state index in [1.54, 1.807) is 6.07 Å². The average Bonchev–Trinajstić information content (AvgIpc) is 3.02. The second-order valence-corrected chi connectivity index (χ2v) is 6.13. The van der Waals surface area contributed by atoms with Crippen molar-refractivity contribution < 1.29 is 4.79 Å². The van der Waals surface area contributed by atoms with Crippen LogP contribution in [0, 0.1) is 0 Å². The van der Waals surface area contributed by atoms with Crippen molar-refractivity contribution in [2.45, 2.75) is 38.3 Å². The SMILES string of the molecule is NC(=O)c1cccc(CN2CCN(C3CCCC3)CC2)n1. The molecule has 2 aliphatic rings. The number of aromatic nitrogens is 1. The molecule has 1 aromatic heterocycles. The average molecular weight is 288 g/mol. The summed E-state index contributed by atoms with van der Waals surface area (Å²) in [6.07, 6.45) is 5.55. The van der Waals surface area contributed by atoms with E-state index in [-0.39, 0.29) is 0 Å². The first-order valence-electron chi connectivity index (χ1n) is 7.94. The second-order valence-electron chi connectivity index (χ2n) is 6.13. The van der Waals surface area contributed by atoms with Crippen LogP contribution in [0.5, 0.6) is 0 Å². The molecule has 1 amide bonds. The standard InChI is InChI=1S/C16H24N4O/c17-16(21)15-7-3-4-13(18-15)12-19-8-10-20(11-9-19)14-5-1-2-6-14/h3-4,7,14H,1-2,5-6,8-12H2,(H2,17,21). The molecule has 2 heterocycles. The Labute approximate surface area is 126 Å². The van der Waals surface area contributed by atoms with Crippen LogP contribution < -0.4 is 5.73 Å². The van der Waals surface area contributed by atoms with Crippen molar-refractivity contribution in [3.05, 3.63) is 29.6 Å². The molecule has 1 aliphatic carbocycles. The lowest BCUT2D eigenvalue weighted by molar-refractivity contribution is 0.0926.